The van der Waals surface area contributed by atoms with Crippen molar-refractivity contribution in [2.45, 2.75) is 12.2 Å². The van der Waals surface area contributed by atoms with Crippen LogP contribution in [0.2, 0.25) is 0 Å². The fourth-order valence-electron chi connectivity index (χ4n) is 0.636. The number of alkyl halides is 1. The fourth-order valence-corrected chi connectivity index (χ4v) is 12.8. The lowest BCUT2D eigenvalue weighted by molar-refractivity contribution is 1.15. The molecular weight excluding hydrogens is 282 g/mol. The highest BCUT2D eigenvalue weighted by Crippen LogP contribution is 2.68. The average molecular weight is 292 g/mol. The third kappa shape index (κ3) is 3.17. The van der Waals surface area contributed by atoms with E-state index in [2.05, 4.69) is 52.3 Å². The molecule has 0 N–H and O–H groups in total. The number of halogens is 1. The minimum Gasteiger partial charge on any atom is -0.122 e. The largest absolute Gasteiger partial charge is 0.122 e. The summed E-state index contributed by atoms with van der Waals surface area (Å²) < 4.78 is 1.34. The van der Waals surface area contributed by atoms with Gasteiger partial charge in [-0.15, -0.1) is 22.8 Å². The molecule has 0 radical (unpaired) electrons. The molecule has 0 spiro atoms. The zero-order chi connectivity index (χ0) is 6.69. The lowest BCUT2D eigenvalue weighted by Gasteiger charge is -2.03. The summed E-state index contributed by atoms with van der Waals surface area (Å²) in [4.78, 5) is 0. The first-order chi connectivity index (χ1) is 4.33. The van der Waals surface area contributed by atoms with Crippen molar-refractivity contribution in [1.82, 2.24) is 0 Å². The van der Waals surface area contributed by atoms with Crippen molar-refractivity contribution in [2.75, 3.05) is 16.3 Å². The van der Waals surface area contributed by atoms with Gasteiger partial charge < -0.3 is 0 Å². The van der Waals surface area contributed by atoms with Gasteiger partial charge in [0.1, 0.15) is 0 Å². The molecular formula is C5H10IPS2. The molecule has 0 aromatic heterocycles. The molecule has 4 heteroatoms. The van der Waals surface area contributed by atoms with Gasteiger partial charge in [0.05, 0.1) is 0 Å². The molecule has 0 bridgehead atoms. The van der Waals surface area contributed by atoms with Crippen LogP contribution in [0.1, 0.15) is 6.92 Å². The summed E-state index contributed by atoms with van der Waals surface area (Å²) in [7, 11) is 0. The van der Waals surface area contributed by atoms with E-state index in [-0.39, 0.29) is 0 Å². The van der Waals surface area contributed by atoms with Crippen molar-refractivity contribution >= 4 is 51.7 Å². The molecule has 0 aromatic carbocycles. The van der Waals surface area contributed by atoms with Gasteiger partial charge >= 0.3 is 0 Å². The SMILES string of the molecule is CC1CSP(CCI)S1. The van der Waals surface area contributed by atoms with Crippen molar-refractivity contribution in [1.29, 1.82) is 0 Å². The number of hydrogen-bond acceptors (Lipinski definition) is 2. The van der Waals surface area contributed by atoms with Gasteiger partial charge in [-0.1, -0.05) is 29.5 Å². The number of rotatable bonds is 2. The molecule has 1 heterocycles. The Morgan fingerprint density at radius 2 is 2.56 bits per heavy atom. The van der Waals surface area contributed by atoms with E-state index in [1.165, 1.54) is 16.3 Å². The van der Waals surface area contributed by atoms with Gasteiger partial charge in [-0.2, -0.15) is 0 Å². The maximum Gasteiger partial charge on any atom is 0.0163 e. The monoisotopic (exact) mass is 292 g/mol. The van der Waals surface area contributed by atoms with Crippen LogP contribution in [0.25, 0.3) is 0 Å². The smallest absolute Gasteiger partial charge is 0.0163 e. The Morgan fingerprint density at radius 3 is 3.00 bits per heavy atom. The molecule has 1 aliphatic rings. The lowest BCUT2D eigenvalue weighted by atomic mass is 10.6. The summed E-state index contributed by atoms with van der Waals surface area (Å²) >= 11 is 6.88. The number of hydrogen-bond donors (Lipinski definition) is 0. The molecule has 0 saturated carbocycles. The third-order valence-electron chi connectivity index (χ3n) is 1.02. The standard InChI is InChI=1S/C5H10IPS2/c1-5-4-8-7(9-5)3-2-6/h5H,2-4H2,1H3. The fraction of sp³-hybridized carbons (Fsp3) is 1.00. The molecule has 1 rings (SSSR count). The Kier molecular flexibility index (Phi) is 4.66. The van der Waals surface area contributed by atoms with E-state index in [0.717, 1.165) is 5.25 Å². The van der Waals surface area contributed by atoms with E-state index in [1.54, 1.807) is 0 Å². The highest BCUT2D eigenvalue weighted by Gasteiger charge is 2.21. The highest BCUT2D eigenvalue weighted by atomic mass is 127. The van der Waals surface area contributed by atoms with E-state index >= 15 is 0 Å². The van der Waals surface area contributed by atoms with Crippen LogP contribution in [0.15, 0.2) is 0 Å². The molecule has 0 aromatic rings. The molecule has 1 saturated heterocycles. The first kappa shape index (κ1) is 8.95. The minimum atomic E-state index is 0.341. The van der Waals surface area contributed by atoms with Crippen LogP contribution in [-0.4, -0.2) is 21.6 Å². The molecule has 0 aliphatic carbocycles. The van der Waals surface area contributed by atoms with Gasteiger partial charge in [0, 0.05) is 21.8 Å². The Hall–Kier alpha value is 1.86. The van der Waals surface area contributed by atoms with Crippen molar-refractivity contribution in [3.63, 3.8) is 0 Å². The van der Waals surface area contributed by atoms with Gasteiger partial charge in [-0.05, 0) is 6.16 Å². The van der Waals surface area contributed by atoms with E-state index in [4.69, 9.17) is 0 Å². The first-order valence-corrected chi connectivity index (χ1v) is 9.09. The topological polar surface area (TPSA) is 0 Å². The molecule has 0 nitrogen and oxygen atoms in total. The minimum absolute atomic E-state index is 0.341. The van der Waals surface area contributed by atoms with Gasteiger partial charge in [0.15, 0.2) is 0 Å². The van der Waals surface area contributed by atoms with E-state index in [1.807, 2.05) is 0 Å². The normalized spacial score (nSPS) is 35.3. The Bertz CT molecular complexity index is 89.0. The van der Waals surface area contributed by atoms with Crippen LogP contribution in [0.4, 0.5) is 0 Å². The predicted molar refractivity (Wildman–Crippen MR) is 60.2 cm³/mol. The maximum absolute atomic E-state index is 2.47. The summed E-state index contributed by atoms with van der Waals surface area (Å²) in [5.41, 5.74) is 0. The zero-order valence-corrected chi connectivity index (χ0v) is 10.0. The third-order valence-corrected chi connectivity index (χ3v) is 10.8. The lowest BCUT2D eigenvalue weighted by Crippen LogP contribution is -1.88. The molecule has 9 heavy (non-hydrogen) atoms. The summed E-state index contributed by atoms with van der Waals surface area (Å²) in [6.45, 7) is 2.34. The summed E-state index contributed by atoms with van der Waals surface area (Å²) in [6.07, 6.45) is 1.80. The zero-order valence-electron chi connectivity index (χ0n) is 5.34. The second-order valence-corrected chi connectivity index (χ2v) is 10.5. The quantitative estimate of drug-likeness (QED) is 0.433. The second-order valence-electron chi connectivity index (χ2n) is 1.96. The Labute approximate surface area is 79.7 Å². The molecule has 2 unspecified atom stereocenters. The second kappa shape index (κ2) is 4.68. The highest BCUT2D eigenvalue weighted by molar-refractivity contribution is 14.1. The molecule has 54 valence electrons. The Morgan fingerprint density at radius 1 is 1.78 bits per heavy atom. The van der Waals surface area contributed by atoms with E-state index in [9.17, 15) is 0 Å². The van der Waals surface area contributed by atoms with Gasteiger partial charge in [0.2, 0.25) is 0 Å². The average Bonchev–Trinajstić information content (AvgIpc) is 2.17. The van der Waals surface area contributed by atoms with Crippen molar-refractivity contribution < 1.29 is 0 Å². The summed E-state index contributed by atoms with van der Waals surface area (Å²) in [5.74, 6) is 1.40. The summed E-state index contributed by atoms with van der Waals surface area (Å²) in [6, 6.07) is 0. The summed E-state index contributed by atoms with van der Waals surface area (Å²) in [5, 5.41) is 0.934. The first-order valence-electron chi connectivity index (χ1n) is 2.96. The van der Waals surface area contributed by atoms with Crippen LogP contribution in [0.5, 0.6) is 0 Å². The Balaban J connectivity index is 2.14. The molecule has 2 atom stereocenters. The van der Waals surface area contributed by atoms with Crippen LogP contribution < -0.4 is 0 Å². The molecule has 0 amide bonds. The molecule has 1 fully saturated rings. The van der Waals surface area contributed by atoms with Gasteiger partial charge in [-0.25, -0.2) is 0 Å². The van der Waals surface area contributed by atoms with Crippen LogP contribution in [0, 0.1) is 0 Å². The van der Waals surface area contributed by atoms with Crippen molar-refractivity contribution in [3.05, 3.63) is 0 Å². The van der Waals surface area contributed by atoms with Crippen molar-refractivity contribution in [3.8, 4) is 0 Å². The molecule has 1 aliphatic heterocycles. The van der Waals surface area contributed by atoms with E-state index < -0.39 is 0 Å². The van der Waals surface area contributed by atoms with Crippen LogP contribution >= 0.6 is 51.7 Å². The van der Waals surface area contributed by atoms with Gasteiger partial charge in [-0.3, -0.25) is 0 Å². The van der Waals surface area contributed by atoms with Gasteiger partial charge in [0.25, 0.3) is 0 Å². The van der Waals surface area contributed by atoms with Crippen LogP contribution in [0.3, 0.4) is 0 Å². The van der Waals surface area contributed by atoms with E-state index in [0.29, 0.717) is 6.33 Å². The van der Waals surface area contributed by atoms with Crippen LogP contribution in [-0.2, 0) is 0 Å². The van der Waals surface area contributed by atoms with Crippen molar-refractivity contribution in [2.24, 2.45) is 0 Å². The predicted octanol–water partition coefficient (Wildman–Crippen LogP) is 3.60. The maximum atomic E-state index is 2.47.